The Bertz CT molecular complexity index is 1330. The summed E-state index contributed by atoms with van der Waals surface area (Å²) in [4.78, 5) is 28.4. The van der Waals surface area contributed by atoms with E-state index in [2.05, 4.69) is 20.5 Å². The fourth-order valence-corrected chi connectivity index (χ4v) is 3.85. The summed E-state index contributed by atoms with van der Waals surface area (Å²) in [5.74, 6) is -0.432. The number of ether oxygens (including phenoxy) is 1. The molecule has 2 aromatic carbocycles. The first-order valence-corrected chi connectivity index (χ1v) is 10.6. The highest BCUT2D eigenvalue weighted by Gasteiger charge is 2.24. The third kappa shape index (κ3) is 4.58. The first-order valence-electron chi connectivity index (χ1n) is 9.79. The summed E-state index contributed by atoms with van der Waals surface area (Å²) < 4.78 is 6.77. The summed E-state index contributed by atoms with van der Waals surface area (Å²) in [6.45, 7) is -0.116. The maximum Gasteiger partial charge on any atom is 0.328 e. The molecule has 0 fully saturated rings. The number of hydrogen-bond acceptors (Lipinski definition) is 5. The summed E-state index contributed by atoms with van der Waals surface area (Å²) in [5, 5.41) is 11.3. The number of nitrogens with one attached hydrogen (secondary N) is 3. The zero-order valence-electron chi connectivity index (χ0n) is 17.1. The first-order chi connectivity index (χ1) is 15.5. The zero-order valence-corrected chi connectivity index (χ0v) is 18.7. The SMILES string of the molecule is COC(=O)[C@@H](Cc1c[nH]c2ccccc12)NC(=O)Cn1c(-c2ccc(Cl)cc2)n[nH]c1=S. The monoisotopic (exact) mass is 469 g/mol. The van der Waals surface area contributed by atoms with Crippen molar-refractivity contribution in [3.63, 3.8) is 0 Å². The molecule has 8 nitrogen and oxygen atoms in total. The largest absolute Gasteiger partial charge is 0.467 e. The fraction of sp³-hybridized carbons (Fsp3) is 0.182. The van der Waals surface area contributed by atoms with E-state index in [1.807, 2.05) is 30.5 Å². The van der Waals surface area contributed by atoms with Crippen LogP contribution < -0.4 is 5.32 Å². The third-order valence-electron chi connectivity index (χ3n) is 5.08. The van der Waals surface area contributed by atoms with Gasteiger partial charge in [0.25, 0.3) is 0 Å². The molecule has 164 valence electrons. The van der Waals surface area contributed by atoms with E-state index in [9.17, 15) is 9.59 Å². The highest BCUT2D eigenvalue weighted by Crippen LogP contribution is 2.21. The minimum absolute atomic E-state index is 0.116. The molecule has 0 bridgehead atoms. The van der Waals surface area contributed by atoms with Crippen LogP contribution in [0.3, 0.4) is 0 Å². The maximum atomic E-state index is 12.9. The second-order valence-corrected chi connectivity index (χ2v) is 7.98. The second kappa shape index (κ2) is 9.37. The van der Waals surface area contributed by atoms with Crippen LogP contribution in [0.2, 0.25) is 5.02 Å². The summed E-state index contributed by atoms with van der Waals surface area (Å²) >= 11 is 11.3. The lowest BCUT2D eigenvalue weighted by atomic mass is 10.0. The van der Waals surface area contributed by atoms with E-state index < -0.39 is 17.9 Å². The molecule has 0 saturated carbocycles. The van der Waals surface area contributed by atoms with Crippen molar-refractivity contribution in [3.05, 3.63) is 70.1 Å². The number of nitrogens with zero attached hydrogens (tertiary/aromatic N) is 2. The Morgan fingerprint density at radius 3 is 2.72 bits per heavy atom. The van der Waals surface area contributed by atoms with Gasteiger partial charge in [-0.2, -0.15) is 5.10 Å². The number of rotatable bonds is 7. The number of esters is 1. The number of aromatic amines is 2. The minimum atomic E-state index is -0.855. The molecular weight excluding hydrogens is 450 g/mol. The van der Waals surface area contributed by atoms with Crippen LogP contribution in [0.25, 0.3) is 22.3 Å². The number of H-pyrrole nitrogens is 2. The van der Waals surface area contributed by atoms with Crippen LogP contribution in [0.5, 0.6) is 0 Å². The van der Waals surface area contributed by atoms with Crippen LogP contribution in [0, 0.1) is 4.77 Å². The lowest BCUT2D eigenvalue weighted by Gasteiger charge is -2.17. The minimum Gasteiger partial charge on any atom is -0.467 e. The van der Waals surface area contributed by atoms with Crippen molar-refractivity contribution >= 4 is 46.6 Å². The number of benzene rings is 2. The van der Waals surface area contributed by atoms with Crippen LogP contribution in [-0.2, 0) is 27.3 Å². The van der Waals surface area contributed by atoms with Crippen LogP contribution >= 0.6 is 23.8 Å². The fourth-order valence-electron chi connectivity index (χ4n) is 3.52. The summed E-state index contributed by atoms with van der Waals surface area (Å²) in [7, 11) is 1.29. The molecule has 0 aliphatic carbocycles. The molecule has 4 rings (SSSR count). The summed E-state index contributed by atoms with van der Waals surface area (Å²) in [6.07, 6.45) is 2.11. The standard InChI is InChI=1S/C22H20ClN5O3S/c1-31-21(30)18(10-14-11-24-17-5-3-2-4-16(14)17)25-19(29)12-28-20(26-27-22(28)32)13-6-8-15(23)9-7-13/h2-9,11,18,24H,10,12H2,1H3,(H,25,29)(H,27,32)/t18-/m1/s1. The van der Waals surface area contributed by atoms with Gasteiger partial charge in [-0.1, -0.05) is 29.8 Å². The molecule has 0 saturated heterocycles. The lowest BCUT2D eigenvalue weighted by molar-refractivity contribution is -0.145. The van der Waals surface area contributed by atoms with E-state index in [-0.39, 0.29) is 17.7 Å². The normalized spacial score (nSPS) is 11.9. The van der Waals surface area contributed by atoms with Crippen molar-refractivity contribution in [2.45, 2.75) is 19.0 Å². The number of para-hydroxylation sites is 1. The van der Waals surface area contributed by atoms with Crippen molar-refractivity contribution in [1.82, 2.24) is 25.1 Å². The van der Waals surface area contributed by atoms with E-state index in [1.165, 1.54) is 7.11 Å². The van der Waals surface area contributed by atoms with Crippen LogP contribution in [0.15, 0.2) is 54.7 Å². The number of hydrogen-bond donors (Lipinski definition) is 3. The molecule has 1 amide bonds. The second-order valence-electron chi connectivity index (χ2n) is 7.15. The molecule has 32 heavy (non-hydrogen) atoms. The van der Waals surface area contributed by atoms with Gasteiger partial charge in [0.1, 0.15) is 12.6 Å². The van der Waals surface area contributed by atoms with Gasteiger partial charge in [0.15, 0.2) is 10.6 Å². The highest BCUT2D eigenvalue weighted by molar-refractivity contribution is 7.71. The molecule has 1 atom stereocenters. The predicted octanol–water partition coefficient (Wildman–Crippen LogP) is 3.64. The van der Waals surface area contributed by atoms with Gasteiger partial charge in [0.2, 0.25) is 5.91 Å². The number of halogens is 1. The number of carbonyl (C=O) groups is 2. The predicted molar refractivity (Wildman–Crippen MR) is 124 cm³/mol. The number of fused-ring (bicyclic) bond motifs is 1. The molecule has 0 spiro atoms. The Hall–Kier alpha value is -3.43. The Kier molecular flexibility index (Phi) is 6.38. The topological polar surface area (TPSA) is 105 Å². The van der Waals surface area contributed by atoms with Crippen LogP contribution in [0.1, 0.15) is 5.56 Å². The molecule has 0 aliphatic rings. The van der Waals surface area contributed by atoms with Crippen molar-refractivity contribution in [1.29, 1.82) is 0 Å². The summed E-state index contributed by atoms with van der Waals surface area (Å²) in [6, 6.07) is 13.9. The molecule has 10 heteroatoms. The zero-order chi connectivity index (χ0) is 22.7. The van der Waals surface area contributed by atoms with E-state index in [1.54, 1.807) is 28.8 Å². The number of aromatic nitrogens is 4. The van der Waals surface area contributed by atoms with E-state index in [0.717, 1.165) is 22.0 Å². The molecule has 2 aromatic heterocycles. The Balaban J connectivity index is 1.54. The first kappa shape index (κ1) is 21.8. The molecular formula is C22H20ClN5O3S. The van der Waals surface area contributed by atoms with Gasteiger partial charge < -0.3 is 15.0 Å². The number of amides is 1. The van der Waals surface area contributed by atoms with E-state index >= 15 is 0 Å². The van der Waals surface area contributed by atoms with Gasteiger partial charge >= 0.3 is 5.97 Å². The molecule has 0 unspecified atom stereocenters. The van der Waals surface area contributed by atoms with Gasteiger partial charge in [-0.05, 0) is 48.1 Å². The molecule has 0 aliphatic heterocycles. The van der Waals surface area contributed by atoms with Crippen molar-refractivity contribution < 1.29 is 14.3 Å². The van der Waals surface area contributed by atoms with Crippen molar-refractivity contribution in [3.8, 4) is 11.4 Å². The smallest absolute Gasteiger partial charge is 0.328 e. The van der Waals surface area contributed by atoms with Crippen LogP contribution in [-0.4, -0.2) is 44.8 Å². The number of carbonyl (C=O) groups excluding carboxylic acids is 2. The average Bonchev–Trinajstić information content (AvgIpc) is 3.37. The van der Waals surface area contributed by atoms with Gasteiger partial charge in [-0.25, -0.2) is 4.79 Å². The van der Waals surface area contributed by atoms with Crippen molar-refractivity contribution in [2.75, 3.05) is 7.11 Å². The van der Waals surface area contributed by atoms with Crippen molar-refractivity contribution in [2.24, 2.45) is 0 Å². The highest BCUT2D eigenvalue weighted by atomic mass is 35.5. The van der Waals surface area contributed by atoms with Gasteiger partial charge in [-0.15, -0.1) is 0 Å². The maximum absolute atomic E-state index is 12.9. The molecule has 4 aromatic rings. The Morgan fingerprint density at radius 1 is 1.22 bits per heavy atom. The molecule has 0 radical (unpaired) electrons. The lowest BCUT2D eigenvalue weighted by Crippen LogP contribution is -2.44. The van der Waals surface area contributed by atoms with Crippen LogP contribution in [0.4, 0.5) is 0 Å². The number of methoxy groups -OCH3 is 1. The van der Waals surface area contributed by atoms with E-state index in [0.29, 0.717) is 10.8 Å². The van der Waals surface area contributed by atoms with Gasteiger partial charge in [-0.3, -0.25) is 14.5 Å². The molecule has 3 N–H and O–H groups in total. The van der Waals surface area contributed by atoms with E-state index in [4.69, 9.17) is 28.6 Å². The third-order valence-corrected chi connectivity index (χ3v) is 5.65. The van der Waals surface area contributed by atoms with Gasteiger partial charge in [0.05, 0.1) is 7.11 Å². The quantitative estimate of drug-likeness (QED) is 0.283. The Labute approximate surface area is 193 Å². The summed E-state index contributed by atoms with van der Waals surface area (Å²) in [5.41, 5.74) is 2.60. The molecule has 2 heterocycles. The van der Waals surface area contributed by atoms with Gasteiger partial charge in [0, 0.05) is 34.1 Å². The average molecular weight is 470 g/mol. The Morgan fingerprint density at radius 2 is 1.97 bits per heavy atom.